The minimum atomic E-state index is -1.08. The molecule has 2 N–H and O–H groups in total. The Hall–Kier alpha value is -1.89. The van der Waals surface area contributed by atoms with Crippen LogP contribution >= 0.6 is 0 Å². The van der Waals surface area contributed by atoms with Crippen molar-refractivity contribution in [3.05, 3.63) is 12.7 Å². The molecule has 7 nitrogen and oxygen atoms in total. The molecule has 0 aliphatic rings. The highest BCUT2D eigenvalue weighted by Crippen LogP contribution is 2.21. The van der Waals surface area contributed by atoms with Gasteiger partial charge in [-0.15, -0.1) is 6.58 Å². The number of carbonyl (C=O) groups excluding carboxylic acids is 1. The summed E-state index contributed by atoms with van der Waals surface area (Å²) in [6.45, 7) is 11.4. The molecule has 0 saturated heterocycles. The van der Waals surface area contributed by atoms with Gasteiger partial charge in [-0.2, -0.15) is 0 Å². The number of carboxylic acid groups (broad SMARTS) is 3. The molecule has 0 amide bonds. The molecule has 0 aromatic carbocycles. The van der Waals surface area contributed by atoms with E-state index < -0.39 is 35.7 Å². The Labute approximate surface area is 194 Å². The number of hydrogen-bond donors (Lipinski definition) is 2. The number of carbonyl (C=O) groups is 3. The molecular weight excluding hydrogens is 410 g/mol. The van der Waals surface area contributed by atoms with E-state index in [2.05, 4.69) is 6.58 Å². The Morgan fingerprint density at radius 1 is 0.750 bits per heavy atom. The van der Waals surface area contributed by atoms with E-state index in [1.165, 1.54) is 12.8 Å². The summed E-state index contributed by atoms with van der Waals surface area (Å²) in [6.07, 6.45) is 11.0. The molecule has 0 aliphatic carbocycles. The van der Waals surface area contributed by atoms with Gasteiger partial charge in [-0.1, -0.05) is 46.1 Å². The topological polar surface area (TPSA) is 115 Å². The largest absolute Gasteiger partial charge is 0.550 e. The second-order valence-electron chi connectivity index (χ2n) is 9.50. The quantitative estimate of drug-likeness (QED) is 0.155. The van der Waals surface area contributed by atoms with Crippen molar-refractivity contribution < 1.29 is 34.2 Å². The summed E-state index contributed by atoms with van der Waals surface area (Å²) < 4.78 is 0.573. The third-order valence-electron chi connectivity index (χ3n) is 6.65. The Morgan fingerprint density at radius 2 is 1.16 bits per heavy atom. The van der Waals surface area contributed by atoms with Gasteiger partial charge in [-0.05, 0) is 25.7 Å². The van der Waals surface area contributed by atoms with Gasteiger partial charge in [-0.25, -0.2) is 0 Å². The van der Waals surface area contributed by atoms with Crippen molar-refractivity contribution in [3.8, 4) is 0 Å². The Morgan fingerprint density at radius 3 is 1.56 bits per heavy atom. The van der Waals surface area contributed by atoms with Crippen LogP contribution in [0, 0.1) is 17.8 Å². The average molecular weight is 456 g/mol. The van der Waals surface area contributed by atoms with Crippen molar-refractivity contribution in [2.45, 2.75) is 85.0 Å². The van der Waals surface area contributed by atoms with Gasteiger partial charge in [0.2, 0.25) is 0 Å². The van der Waals surface area contributed by atoms with Crippen LogP contribution in [0.1, 0.15) is 85.0 Å². The van der Waals surface area contributed by atoms with Crippen molar-refractivity contribution in [2.75, 3.05) is 26.2 Å². The lowest BCUT2D eigenvalue weighted by Crippen LogP contribution is -2.52. The molecule has 7 heteroatoms. The number of hydrogen-bond acceptors (Lipinski definition) is 4. The van der Waals surface area contributed by atoms with E-state index in [9.17, 15) is 29.7 Å². The van der Waals surface area contributed by atoms with E-state index >= 15 is 0 Å². The third-order valence-corrected chi connectivity index (χ3v) is 6.65. The van der Waals surface area contributed by atoms with Gasteiger partial charge in [0.15, 0.2) is 0 Å². The lowest BCUT2D eigenvalue weighted by molar-refractivity contribution is -0.929. The average Bonchev–Trinajstić information content (AvgIpc) is 2.75. The van der Waals surface area contributed by atoms with E-state index in [4.69, 9.17) is 0 Å². The zero-order chi connectivity index (χ0) is 24.6. The third kappa shape index (κ3) is 13.5. The van der Waals surface area contributed by atoms with Crippen LogP contribution in [0.3, 0.4) is 0 Å². The van der Waals surface area contributed by atoms with Crippen LogP contribution in [0.15, 0.2) is 12.7 Å². The molecule has 0 spiro atoms. The molecule has 0 rings (SSSR count). The molecule has 3 atom stereocenters. The van der Waals surface area contributed by atoms with Crippen LogP contribution < -0.4 is 5.11 Å². The van der Waals surface area contributed by atoms with Gasteiger partial charge in [0, 0.05) is 31.1 Å². The molecule has 0 aromatic heterocycles. The second kappa shape index (κ2) is 16.7. The normalized spacial score (nSPS) is 16.0. The summed E-state index contributed by atoms with van der Waals surface area (Å²) in [5, 5.41) is 29.9. The predicted molar refractivity (Wildman–Crippen MR) is 124 cm³/mol. The van der Waals surface area contributed by atoms with Gasteiger partial charge < -0.3 is 24.6 Å². The second-order valence-corrected chi connectivity index (χ2v) is 9.50. The molecule has 0 bridgehead atoms. The van der Waals surface area contributed by atoms with Crippen molar-refractivity contribution >= 4 is 17.9 Å². The fourth-order valence-electron chi connectivity index (χ4n) is 3.88. The van der Waals surface area contributed by atoms with Crippen LogP contribution in [0.5, 0.6) is 0 Å². The SMILES string of the molecule is C=CCCCCCCCC[N+](CCC(C)C(=O)[O-])(CCC(C)C(=O)O)CCC(C)C(=O)O. The first-order valence-electron chi connectivity index (χ1n) is 12.2. The summed E-state index contributed by atoms with van der Waals surface area (Å²) in [5.41, 5.74) is 0. The number of unbranched alkanes of at least 4 members (excludes halogenated alkanes) is 6. The molecule has 0 aromatic rings. The molecule has 0 aliphatic heterocycles. The van der Waals surface area contributed by atoms with Gasteiger partial charge in [-0.3, -0.25) is 9.59 Å². The number of quaternary nitrogens is 1. The standard InChI is InChI=1S/C25H45NO6/c1-5-6-7-8-9-10-11-12-16-26(17-13-20(2)23(27)28,18-14-21(3)24(29)30)19-15-22(4)25(31)32/h5,20-22H,1,6-19H2,2-4H3,(H2-,27,28,29,30,31,32). The summed E-state index contributed by atoms with van der Waals surface area (Å²) in [7, 11) is 0. The molecule has 3 unspecified atom stereocenters. The van der Waals surface area contributed by atoms with Crippen molar-refractivity contribution in [3.63, 3.8) is 0 Å². The number of nitrogens with zero attached hydrogens (tertiary/aromatic N) is 1. The number of aliphatic carboxylic acids is 3. The minimum Gasteiger partial charge on any atom is -0.550 e. The Balaban J connectivity index is 5.20. The first kappa shape index (κ1) is 30.1. The molecule has 0 heterocycles. The first-order chi connectivity index (χ1) is 15.0. The number of carboxylic acids is 3. The highest BCUT2D eigenvalue weighted by Gasteiger charge is 2.30. The van der Waals surface area contributed by atoms with E-state index in [1.807, 2.05) is 6.08 Å². The van der Waals surface area contributed by atoms with E-state index in [-0.39, 0.29) is 0 Å². The van der Waals surface area contributed by atoms with Crippen molar-refractivity contribution in [1.29, 1.82) is 0 Å². The molecular formula is C25H45NO6. The molecule has 32 heavy (non-hydrogen) atoms. The van der Waals surface area contributed by atoms with Gasteiger partial charge in [0.1, 0.15) is 0 Å². The summed E-state index contributed by atoms with van der Waals surface area (Å²) in [6, 6.07) is 0. The van der Waals surface area contributed by atoms with E-state index in [0.717, 1.165) is 38.6 Å². The van der Waals surface area contributed by atoms with Crippen LogP contribution in [0.25, 0.3) is 0 Å². The monoisotopic (exact) mass is 455 g/mol. The van der Waals surface area contributed by atoms with Crippen LogP contribution in [-0.4, -0.2) is 58.8 Å². The van der Waals surface area contributed by atoms with Crippen LogP contribution in [0.4, 0.5) is 0 Å². The fraction of sp³-hybridized carbons (Fsp3) is 0.800. The smallest absolute Gasteiger partial charge is 0.306 e. The molecule has 0 saturated carbocycles. The highest BCUT2D eigenvalue weighted by atomic mass is 16.4. The van der Waals surface area contributed by atoms with Crippen molar-refractivity contribution in [2.24, 2.45) is 17.8 Å². The lowest BCUT2D eigenvalue weighted by atomic mass is 10.0. The first-order valence-corrected chi connectivity index (χ1v) is 12.2. The summed E-state index contributed by atoms with van der Waals surface area (Å²) in [4.78, 5) is 34.0. The fourth-order valence-corrected chi connectivity index (χ4v) is 3.88. The molecule has 0 fully saturated rings. The van der Waals surface area contributed by atoms with Gasteiger partial charge >= 0.3 is 11.9 Å². The zero-order valence-corrected chi connectivity index (χ0v) is 20.4. The molecule has 186 valence electrons. The maximum absolute atomic E-state index is 11.4. The van der Waals surface area contributed by atoms with Gasteiger partial charge in [0.05, 0.1) is 38.0 Å². The van der Waals surface area contributed by atoms with Crippen LogP contribution in [0.2, 0.25) is 0 Å². The number of allylic oxidation sites excluding steroid dienone is 1. The lowest BCUT2D eigenvalue weighted by Gasteiger charge is -2.41. The number of rotatable bonds is 21. The highest BCUT2D eigenvalue weighted by molar-refractivity contribution is 5.69. The summed E-state index contributed by atoms with van der Waals surface area (Å²) in [5.74, 6) is -4.35. The van der Waals surface area contributed by atoms with Crippen LogP contribution in [-0.2, 0) is 14.4 Å². The summed E-state index contributed by atoms with van der Waals surface area (Å²) >= 11 is 0. The van der Waals surface area contributed by atoms with Gasteiger partial charge in [0.25, 0.3) is 0 Å². The minimum absolute atomic E-state index is 0.437. The Bertz CT molecular complexity index is 517. The predicted octanol–water partition coefficient (Wildman–Crippen LogP) is 3.72. The Kier molecular flexibility index (Phi) is 15.7. The maximum atomic E-state index is 11.4. The zero-order valence-electron chi connectivity index (χ0n) is 20.4. The molecule has 0 radical (unpaired) electrons. The van der Waals surface area contributed by atoms with Crippen molar-refractivity contribution in [1.82, 2.24) is 0 Å². The maximum Gasteiger partial charge on any atom is 0.306 e. The van der Waals surface area contributed by atoms with E-state index in [1.54, 1.807) is 20.8 Å². The van der Waals surface area contributed by atoms with E-state index in [0.29, 0.717) is 43.4 Å².